The van der Waals surface area contributed by atoms with Gasteiger partial charge in [0.05, 0.1) is 10.6 Å². The lowest BCUT2D eigenvalue weighted by Crippen LogP contribution is -2.27. The maximum Gasteiger partial charge on any atom is 0.140 e. The molecular formula is C13H14N2OS. The fourth-order valence-electron chi connectivity index (χ4n) is 2.11. The zero-order chi connectivity index (χ0) is 12.0. The van der Waals surface area contributed by atoms with Crippen molar-refractivity contribution < 1.29 is 4.74 Å². The standard InChI is InChI=1S/C13H14N2OS/c1-13(2)12-11(15-10(7-14)17-12)8-5-3-4-6-9(8)16-13/h3-6H,7,14H2,1-2H3. The molecule has 0 radical (unpaired) electrons. The Kier molecular flexibility index (Phi) is 2.24. The molecule has 2 N–H and O–H groups in total. The highest BCUT2D eigenvalue weighted by molar-refractivity contribution is 7.12. The molecule has 0 atom stereocenters. The van der Waals surface area contributed by atoms with E-state index < -0.39 is 0 Å². The van der Waals surface area contributed by atoms with Gasteiger partial charge < -0.3 is 10.5 Å². The van der Waals surface area contributed by atoms with Gasteiger partial charge in [0.1, 0.15) is 16.4 Å². The van der Waals surface area contributed by atoms with Crippen LogP contribution in [0.5, 0.6) is 5.75 Å². The van der Waals surface area contributed by atoms with Crippen molar-refractivity contribution in [3.63, 3.8) is 0 Å². The molecule has 1 aromatic heterocycles. The molecular weight excluding hydrogens is 232 g/mol. The molecule has 0 amide bonds. The zero-order valence-electron chi connectivity index (χ0n) is 9.86. The molecule has 3 nitrogen and oxygen atoms in total. The Balaban J connectivity index is 2.27. The van der Waals surface area contributed by atoms with Crippen LogP contribution >= 0.6 is 11.3 Å². The number of benzene rings is 1. The molecule has 0 fully saturated rings. The number of para-hydroxylation sites is 1. The summed E-state index contributed by atoms with van der Waals surface area (Å²) in [5.41, 5.74) is 7.45. The Hall–Kier alpha value is -1.39. The Bertz CT molecular complexity index is 575. The number of hydrogen-bond acceptors (Lipinski definition) is 4. The molecule has 1 aromatic carbocycles. The topological polar surface area (TPSA) is 48.1 Å². The van der Waals surface area contributed by atoms with Crippen LogP contribution in [-0.4, -0.2) is 4.98 Å². The molecule has 2 heterocycles. The number of ether oxygens (including phenoxy) is 1. The number of nitrogens with two attached hydrogens (primary N) is 1. The molecule has 0 unspecified atom stereocenters. The van der Waals surface area contributed by atoms with E-state index in [1.807, 2.05) is 24.3 Å². The molecule has 0 spiro atoms. The molecule has 17 heavy (non-hydrogen) atoms. The second-order valence-electron chi connectivity index (χ2n) is 4.60. The van der Waals surface area contributed by atoms with E-state index in [9.17, 15) is 0 Å². The van der Waals surface area contributed by atoms with Gasteiger partial charge in [0, 0.05) is 12.1 Å². The fourth-order valence-corrected chi connectivity index (χ4v) is 3.11. The van der Waals surface area contributed by atoms with Crippen LogP contribution in [-0.2, 0) is 12.1 Å². The van der Waals surface area contributed by atoms with Gasteiger partial charge >= 0.3 is 0 Å². The van der Waals surface area contributed by atoms with Gasteiger partial charge in [0.2, 0.25) is 0 Å². The summed E-state index contributed by atoms with van der Waals surface area (Å²) in [5, 5.41) is 0.961. The summed E-state index contributed by atoms with van der Waals surface area (Å²) in [4.78, 5) is 5.78. The molecule has 4 heteroatoms. The molecule has 88 valence electrons. The van der Waals surface area contributed by atoms with Crippen molar-refractivity contribution in [2.24, 2.45) is 5.73 Å². The van der Waals surface area contributed by atoms with Crippen molar-refractivity contribution in [2.45, 2.75) is 26.0 Å². The summed E-state index contributed by atoms with van der Waals surface area (Å²) in [6.45, 7) is 4.62. The third-order valence-corrected chi connectivity index (χ3v) is 4.28. The van der Waals surface area contributed by atoms with Crippen molar-refractivity contribution in [1.82, 2.24) is 4.98 Å². The minimum atomic E-state index is -0.325. The lowest BCUT2D eigenvalue weighted by molar-refractivity contribution is 0.109. The molecule has 1 aliphatic rings. The highest BCUT2D eigenvalue weighted by atomic mass is 32.1. The first kappa shape index (κ1) is 10.7. The summed E-state index contributed by atoms with van der Waals surface area (Å²) in [6.07, 6.45) is 0. The summed E-state index contributed by atoms with van der Waals surface area (Å²) >= 11 is 1.64. The number of aromatic nitrogens is 1. The van der Waals surface area contributed by atoms with Crippen LogP contribution < -0.4 is 10.5 Å². The fraction of sp³-hybridized carbons (Fsp3) is 0.308. The smallest absolute Gasteiger partial charge is 0.140 e. The SMILES string of the molecule is CC1(C)Oc2ccccc2-c2nc(CN)sc21. The first-order valence-corrected chi connectivity index (χ1v) is 6.42. The second-order valence-corrected chi connectivity index (χ2v) is 5.68. The summed E-state index contributed by atoms with van der Waals surface area (Å²) in [7, 11) is 0. The van der Waals surface area contributed by atoms with Crippen LogP contribution in [0.2, 0.25) is 0 Å². The second kappa shape index (κ2) is 3.55. The molecule has 0 aliphatic carbocycles. The van der Waals surface area contributed by atoms with Gasteiger partial charge in [-0.25, -0.2) is 4.98 Å². The molecule has 1 aliphatic heterocycles. The van der Waals surface area contributed by atoms with Gasteiger partial charge in [-0.05, 0) is 26.0 Å². The van der Waals surface area contributed by atoms with Gasteiger partial charge in [-0.2, -0.15) is 0 Å². The zero-order valence-corrected chi connectivity index (χ0v) is 10.7. The normalized spacial score (nSPS) is 15.9. The number of thiazole rings is 1. The van der Waals surface area contributed by atoms with Crippen LogP contribution in [0, 0.1) is 0 Å². The maximum absolute atomic E-state index is 6.03. The third-order valence-electron chi connectivity index (χ3n) is 2.90. The molecule has 0 saturated carbocycles. The predicted octanol–water partition coefficient (Wildman–Crippen LogP) is 2.90. The monoisotopic (exact) mass is 246 g/mol. The van der Waals surface area contributed by atoms with Crippen molar-refractivity contribution >= 4 is 11.3 Å². The highest BCUT2D eigenvalue weighted by Gasteiger charge is 2.35. The van der Waals surface area contributed by atoms with E-state index in [1.165, 1.54) is 0 Å². The van der Waals surface area contributed by atoms with Crippen LogP contribution in [0.3, 0.4) is 0 Å². The Morgan fingerprint density at radius 1 is 1.35 bits per heavy atom. The molecule has 2 aromatic rings. The first-order chi connectivity index (χ1) is 8.12. The number of hydrogen-bond donors (Lipinski definition) is 1. The summed E-state index contributed by atoms with van der Waals surface area (Å²) in [6, 6.07) is 8.02. The van der Waals surface area contributed by atoms with E-state index in [0.29, 0.717) is 6.54 Å². The summed E-state index contributed by atoms with van der Waals surface area (Å²) < 4.78 is 6.03. The minimum Gasteiger partial charge on any atom is -0.482 e. The Labute approximate surface area is 104 Å². The van der Waals surface area contributed by atoms with Gasteiger partial charge in [-0.15, -0.1) is 11.3 Å². The van der Waals surface area contributed by atoms with Gasteiger partial charge in [-0.1, -0.05) is 12.1 Å². The lowest BCUT2D eigenvalue weighted by atomic mass is 9.97. The van der Waals surface area contributed by atoms with E-state index in [1.54, 1.807) is 11.3 Å². The Morgan fingerprint density at radius 3 is 2.88 bits per heavy atom. The molecule has 0 bridgehead atoms. The molecule has 0 saturated heterocycles. The Morgan fingerprint density at radius 2 is 2.12 bits per heavy atom. The van der Waals surface area contributed by atoms with Crippen LogP contribution in [0.1, 0.15) is 23.7 Å². The average Bonchev–Trinajstić information content (AvgIpc) is 2.74. The lowest BCUT2D eigenvalue weighted by Gasteiger charge is -2.31. The predicted molar refractivity (Wildman–Crippen MR) is 69.1 cm³/mol. The van der Waals surface area contributed by atoms with Crippen LogP contribution in [0.15, 0.2) is 24.3 Å². The van der Waals surface area contributed by atoms with Gasteiger partial charge in [0.15, 0.2) is 0 Å². The van der Waals surface area contributed by atoms with E-state index in [4.69, 9.17) is 10.5 Å². The van der Waals surface area contributed by atoms with E-state index in [2.05, 4.69) is 18.8 Å². The minimum absolute atomic E-state index is 0.325. The van der Waals surface area contributed by atoms with E-state index in [0.717, 1.165) is 26.9 Å². The van der Waals surface area contributed by atoms with Crippen molar-refractivity contribution in [1.29, 1.82) is 0 Å². The number of nitrogens with zero attached hydrogens (tertiary/aromatic N) is 1. The largest absolute Gasteiger partial charge is 0.482 e. The van der Waals surface area contributed by atoms with E-state index >= 15 is 0 Å². The van der Waals surface area contributed by atoms with Crippen LogP contribution in [0.4, 0.5) is 0 Å². The quantitative estimate of drug-likeness (QED) is 0.841. The number of fused-ring (bicyclic) bond motifs is 3. The van der Waals surface area contributed by atoms with Gasteiger partial charge in [0.25, 0.3) is 0 Å². The van der Waals surface area contributed by atoms with E-state index in [-0.39, 0.29) is 5.60 Å². The average molecular weight is 246 g/mol. The highest BCUT2D eigenvalue weighted by Crippen LogP contribution is 2.46. The first-order valence-electron chi connectivity index (χ1n) is 5.60. The van der Waals surface area contributed by atoms with Crippen molar-refractivity contribution in [3.8, 4) is 17.0 Å². The summed E-state index contributed by atoms with van der Waals surface area (Å²) in [5.74, 6) is 0.902. The van der Waals surface area contributed by atoms with Gasteiger partial charge in [-0.3, -0.25) is 0 Å². The van der Waals surface area contributed by atoms with Crippen LogP contribution in [0.25, 0.3) is 11.3 Å². The third kappa shape index (κ3) is 1.56. The molecule has 3 rings (SSSR count). The van der Waals surface area contributed by atoms with Crippen molar-refractivity contribution in [3.05, 3.63) is 34.2 Å². The maximum atomic E-state index is 6.03. The van der Waals surface area contributed by atoms with Crippen molar-refractivity contribution in [2.75, 3.05) is 0 Å². The number of rotatable bonds is 1.